The van der Waals surface area contributed by atoms with E-state index in [0.29, 0.717) is 5.75 Å². The Hall–Kier alpha value is -2.35. The largest absolute Gasteiger partial charge is 0.497 e. The van der Waals surface area contributed by atoms with Crippen molar-refractivity contribution in [3.8, 4) is 5.75 Å². The number of aliphatic carboxylic acids is 1. The maximum atomic E-state index is 11.2. The number of β-amino-alcohol motifs (C(OH)–C–C–N with tert-alkyl or cyclic N) is 1. The van der Waals surface area contributed by atoms with Crippen LogP contribution in [0.3, 0.4) is 0 Å². The van der Waals surface area contributed by atoms with Gasteiger partial charge >= 0.3 is 5.97 Å². The summed E-state index contributed by atoms with van der Waals surface area (Å²) in [6.45, 7) is 0.0327. The highest BCUT2D eigenvalue weighted by atomic mass is 16.6. The third kappa shape index (κ3) is 2.50. The number of aliphatic hydroxyl groups excluding tert-OH is 1. The number of hydrogen-bond donors (Lipinski definition) is 2. The first-order valence-electron chi connectivity index (χ1n) is 5.94. The molecule has 0 aliphatic carbocycles. The third-order valence-electron chi connectivity index (χ3n) is 3.25. The summed E-state index contributed by atoms with van der Waals surface area (Å²) in [5.41, 5.74) is -0.0792. The minimum Gasteiger partial charge on any atom is -0.497 e. The number of carboxylic acids is 1. The number of methoxy groups -OCH3 is 1. The number of anilines is 1. The van der Waals surface area contributed by atoms with E-state index in [1.54, 1.807) is 0 Å². The minimum absolute atomic E-state index is 0.0314. The number of hydrogen-bond acceptors (Lipinski definition) is 6. The van der Waals surface area contributed by atoms with Gasteiger partial charge < -0.3 is 19.8 Å². The first-order chi connectivity index (χ1) is 9.43. The molecule has 2 atom stereocenters. The summed E-state index contributed by atoms with van der Waals surface area (Å²) in [5, 5.41) is 29.9. The summed E-state index contributed by atoms with van der Waals surface area (Å²) >= 11 is 0. The molecule has 108 valence electrons. The van der Waals surface area contributed by atoms with Crippen molar-refractivity contribution in [1.29, 1.82) is 0 Å². The lowest BCUT2D eigenvalue weighted by Crippen LogP contribution is -2.36. The molecule has 1 saturated heterocycles. The lowest BCUT2D eigenvalue weighted by atomic mass is 10.2. The molecule has 1 aliphatic rings. The van der Waals surface area contributed by atoms with Crippen molar-refractivity contribution < 1.29 is 24.7 Å². The predicted molar refractivity (Wildman–Crippen MR) is 69.0 cm³/mol. The Balaban J connectivity index is 2.48. The Labute approximate surface area is 114 Å². The Morgan fingerprint density at radius 2 is 2.25 bits per heavy atom. The highest BCUT2D eigenvalue weighted by Crippen LogP contribution is 2.36. The first kappa shape index (κ1) is 14.1. The van der Waals surface area contributed by atoms with Crippen molar-refractivity contribution in [2.75, 3.05) is 18.6 Å². The van der Waals surface area contributed by atoms with E-state index in [2.05, 4.69) is 0 Å². The molecule has 2 rings (SSSR count). The summed E-state index contributed by atoms with van der Waals surface area (Å²) in [4.78, 5) is 23.0. The van der Waals surface area contributed by atoms with Gasteiger partial charge in [-0.15, -0.1) is 0 Å². The molecule has 1 fully saturated rings. The zero-order valence-electron chi connectivity index (χ0n) is 10.7. The van der Waals surface area contributed by atoms with Gasteiger partial charge in [0.25, 0.3) is 5.69 Å². The van der Waals surface area contributed by atoms with Crippen LogP contribution < -0.4 is 9.64 Å². The van der Waals surface area contributed by atoms with Gasteiger partial charge in [-0.2, -0.15) is 0 Å². The number of carboxylic acid groups (broad SMARTS) is 1. The highest BCUT2D eigenvalue weighted by Gasteiger charge is 2.39. The Bertz CT molecular complexity index is 547. The second kappa shape index (κ2) is 5.33. The van der Waals surface area contributed by atoms with Crippen molar-refractivity contribution in [2.45, 2.75) is 18.6 Å². The molecule has 1 heterocycles. The molecule has 0 bridgehead atoms. The predicted octanol–water partition coefficient (Wildman–Crippen LogP) is 0.628. The zero-order chi connectivity index (χ0) is 14.9. The molecule has 1 aromatic carbocycles. The summed E-state index contributed by atoms with van der Waals surface area (Å²) in [7, 11) is 1.42. The van der Waals surface area contributed by atoms with Crippen molar-refractivity contribution in [3.63, 3.8) is 0 Å². The fourth-order valence-electron chi connectivity index (χ4n) is 2.33. The quantitative estimate of drug-likeness (QED) is 0.615. The number of carbonyl (C=O) groups is 1. The molecule has 8 nitrogen and oxygen atoms in total. The number of nitrogens with zero attached hydrogens (tertiary/aromatic N) is 2. The molecule has 0 radical (unpaired) electrons. The number of nitro groups is 1. The normalized spacial score (nSPS) is 21.8. The first-order valence-corrected chi connectivity index (χ1v) is 5.94. The summed E-state index contributed by atoms with van der Waals surface area (Å²) in [5.74, 6) is -0.741. The number of rotatable bonds is 4. The van der Waals surface area contributed by atoms with Crippen LogP contribution in [0.25, 0.3) is 0 Å². The molecule has 0 amide bonds. The standard InChI is InChI=1S/C12H14N2O6/c1-20-8-2-3-9(14(18)19)10(5-8)13-6-7(15)4-11(13)12(16)17/h2-3,5,7,11,15H,4,6H2,1H3,(H,16,17). The second-order valence-electron chi connectivity index (χ2n) is 4.51. The van der Waals surface area contributed by atoms with E-state index in [4.69, 9.17) is 9.84 Å². The number of ether oxygens (including phenoxy) is 1. The lowest BCUT2D eigenvalue weighted by Gasteiger charge is -2.23. The fraction of sp³-hybridized carbons (Fsp3) is 0.417. The molecular weight excluding hydrogens is 268 g/mol. The van der Waals surface area contributed by atoms with Crippen LogP contribution in [0.15, 0.2) is 18.2 Å². The van der Waals surface area contributed by atoms with Gasteiger partial charge in [0, 0.05) is 25.1 Å². The van der Waals surface area contributed by atoms with Gasteiger partial charge in [-0.05, 0) is 6.07 Å². The molecule has 2 N–H and O–H groups in total. The van der Waals surface area contributed by atoms with Gasteiger partial charge in [-0.1, -0.05) is 0 Å². The molecule has 0 aromatic heterocycles. The highest BCUT2D eigenvalue weighted by molar-refractivity contribution is 5.81. The van der Waals surface area contributed by atoms with E-state index in [-0.39, 0.29) is 24.3 Å². The summed E-state index contributed by atoms with van der Waals surface area (Å²) in [6, 6.07) is 3.11. The van der Waals surface area contributed by atoms with Crippen LogP contribution in [-0.2, 0) is 4.79 Å². The number of aliphatic hydroxyl groups is 1. The second-order valence-corrected chi connectivity index (χ2v) is 4.51. The smallest absolute Gasteiger partial charge is 0.326 e. The van der Waals surface area contributed by atoms with Crippen LogP contribution in [0, 0.1) is 10.1 Å². The van der Waals surface area contributed by atoms with Crippen LogP contribution in [0.1, 0.15) is 6.42 Å². The molecule has 20 heavy (non-hydrogen) atoms. The van der Waals surface area contributed by atoms with Gasteiger partial charge in [0.05, 0.1) is 18.1 Å². The van der Waals surface area contributed by atoms with Crippen LogP contribution in [0.5, 0.6) is 5.75 Å². The zero-order valence-corrected chi connectivity index (χ0v) is 10.7. The third-order valence-corrected chi connectivity index (χ3v) is 3.25. The van der Waals surface area contributed by atoms with Crippen molar-refractivity contribution in [2.24, 2.45) is 0 Å². The molecule has 1 aromatic rings. The lowest BCUT2D eigenvalue weighted by molar-refractivity contribution is -0.384. The molecular formula is C12H14N2O6. The van der Waals surface area contributed by atoms with Crippen LogP contribution in [0.2, 0.25) is 0 Å². The van der Waals surface area contributed by atoms with Gasteiger partial charge in [-0.25, -0.2) is 4.79 Å². The molecule has 0 saturated carbocycles. The summed E-state index contributed by atoms with van der Waals surface area (Å²) in [6.07, 6.45) is -0.800. The van der Waals surface area contributed by atoms with Crippen molar-refractivity contribution in [1.82, 2.24) is 0 Å². The minimum atomic E-state index is -1.13. The molecule has 1 aliphatic heterocycles. The molecule has 2 unspecified atom stereocenters. The Morgan fingerprint density at radius 3 is 2.80 bits per heavy atom. The topological polar surface area (TPSA) is 113 Å². The van der Waals surface area contributed by atoms with E-state index in [1.165, 1.54) is 30.2 Å². The monoisotopic (exact) mass is 282 g/mol. The van der Waals surface area contributed by atoms with E-state index in [9.17, 15) is 20.0 Å². The average Bonchev–Trinajstić information content (AvgIpc) is 2.80. The SMILES string of the molecule is COc1ccc([N+](=O)[O-])c(N2CC(O)CC2C(=O)O)c1. The van der Waals surface area contributed by atoms with Gasteiger partial charge in [0.2, 0.25) is 0 Å². The van der Waals surface area contributed by atoms with Gasteiger partial charge in [0.15, 0.2) is 0 Å². The van der Waals surface area contributed by atoms with Crippen molar-refractivity contribution >= 4 is 17.3 Å². The van der Waals surface area contributed by atoms with Crippen LogP contribution in [0.4, 0.5) is 11.4 Å². The van der Waals surface area contributed by atoms with Crippen LogP contribution in [-0.4, -0.2) is 46.9 Å². The van der Waals surface area contributed by atoms with E-state index >= 15 is 0 Å². The maximum absolute atomic E-state index is 11.2. The summed E-state index contributed by atoms with van der Waals surface area (Å²) < 4.78 is 5.01. The molecule has 8 heteroatoms. The maximum Gasteiger partial charge on any atom is 0.326 e. The fourth-order valence-corrected chi connectivity index (χ4v) is 2.33. The van der Waals surface area contributed by atoms with Gasteiger partial charge in [-0.3, -0.25) is 10.1 Å². The van der Waals surface area contributed by atoms with E-state index in [1.807, 2.05) is 0 Å². The molecule has 0 spiro atoms. The van der Waals surface area contributed by atoms with E-state index in [0.717, 1.165) is 0 Å². The van der Waals surface area contributed by atoms with Crippen LogP contribution >= 0.6 is 0 Å². The van der Waals surface area contributed by atoms with E-state index < -0.39 is 23.0 Å². The number of benzene rings is 1. The Kier molecular flexibility index (Phi) is 3.75. The average molecular weight is 282 g/mol. The van der Waals surface area contributed by atoms with Crippen molar-refractivity contribution in [3.05, 3.63) is 28.3 Å². The van der Waals surface area contributed by atoms with Gasteiger partial charge in [0.1, 0.15) is 17.5 Å². The number of nitro benzene ring substituents is 1. The Morgan fingerprint density at radius 1 is 1.55 bits per heavy atom.